The van der Waals surface area contributed by atoms with Crippen LogP contribution in [0.25, 0.3) is 22.5 Å². The summed E-state index contributed by atoms with van der Waals surface area (Å²) in [6.45, 7) is 8.11. The predicted molar refractivity (Wildman–Crippen MR) is 110 cm³/mol. The molecule has 1 heterocycles. The number of nitrogen functional groups attached to an aromatic ring is 2. The number of benzene rings is 2. The van der Waals surface area contributed by atoms with Crippen LogP contribution in [0.2, 0.25) is 0 Å². The lowest BCUT2D eigenvalue weighted by molar-refractivity contribution is 0.852. The largest absolute Gasteiger partial charge is 0.398 e. The average Bonchev–Trinajstić information content (AvgIpc) is 2.64. The molecule has 0 aliphatic heterocycles. The fraction of sp³-hybridized carbons (Fsp3) is 0.250. The average molecular weight is 366 g/mol. The van der Waals surface area contributed by atoms with E-state index in [1.54, 1.807) is 0 Å². The first kappa shape index (κ1) is 18.2. The van der Waals surface area contributed by atoms with Crippen LogP contribution in [0.3, 0.4) is 0 Å². The number of hydrogen-bond donors (Lipinski definition) is 2. The quantitative estimate of drug-likeness (QED) is 0.530. The van der Waals surface area contributed by atoms with E-state index in [0.29, 0.717) is 27.9 Å². The van der Waals surface area contributed by atoms with E-state index < -0.39 is 0 Å². The van der Waals surface area contributed by atoms with E-state index in [-0.39, 0.29) is 0 Å². The summed E-state index contributed by atoms with van der Waals surface area (Å²) in [5.41, 5.74) is 21.6. The molecule has 0 saturated heterocycles. The third-order valence-electron chi connectivity index (χ3n) is 4.93. The first-order chi connectivity index (χ1) is 12.3. The van der Waals surface area contributed by atoms with Crippen LogP contribution in [0.1, 0.15) is 22.3 Å². The van der Waals surface area contributed by atoms with Gasteiger partial charge in [-0.25, -0.2) is 4.98 Å². The third-order valence-corrected chi connectivity index (χ3v) is 5.47. The number of nitrogens with two attached hydrogens (primary N) is 2. The maximum absolute atomic E-state index is 6.42. The molecule has 0 unspecified atom stereocenters. The number of hydrogen-bond acceptors (Lipinski definition) is 6. The lowest BCUT2D eigenvalue weighted by atomic mass is 9.95. The Labute approximate surface area is 158 Å². The summed E-state index contributed by atoms with van der Waals surface area (Å²) >= 11 is 1.45. The van der Waals surface area contributed by atoms with Gasteiger partial charge in [0.2, 0.25) is 5.16 Å². The lowest BCUT2D eigenvalue weighted by Crippen LogP contribution is -2.05. The standard InChI is InChI=1S/C20H23N5S/c1-10-6-8-14(16(21)12(10)3)18-19(24-25-20(23-18)26-5)15-9-7-11(2)13(4)17(15)22/h6-9H,21-22H2,1-5H3. The van der Waals surface area contributed by atoms with Gasteiger partial charge in [-0.2, -0.15) is 0 Å². The summed E-state index contributed by atoms with van der Waals surface area (Å²) in [6, 6.07) is 8.06. The highest BCUT2D eigenvalue weighted by Gasteiger charge is 2.19. The first-order valence-electron chi connectivity index (χ1n) is 8.36. The van der Waals surface area contributed by atoms with Gasteiger partial charge in [0, 0.05) is 22.5 Å². The van der Waals surface area contributed by atoms with Crippen molar-refractivity contribution < 1.29 is 0 Å². The van der Waals surface area contributed by atoms with Crippen molar-refractivity contribution in [3.05, 3.63) is 46.5 Å². The number of nitrogens with zero attached hydrogens (tertiary/aromatic N) is 3. The molecule has 1 aromatic heterocycles. The minimum atomic E-state index is 0.601. The summed E-state index contributed by atoms with van der Waals surface area (Å²) in [7, 11) is 0. The molecule has 0 aliphatic carbocycles. The van der Waals surface area contributed by atoms with E-state index in [2.05, 4.69) is 16.3 Å². The smallest absolute Gasteiger partial charge is 0.209 e. The summed E-state index contributed by atoms with van der Waals surface area (Å²) in [5.74, 6) is 0. The number of rotatable bonds is 3. The predicted octanol–water partition coefficient (Wildman–Crippen LogP) is 4.33. The van der Waals surface area contributed by atoms with E-state index in [9.17, 15) is 0 Å². The molecular formula is C20H23N5S. The van der Waals surface area contributed by atoms with Gasteiger partial charge in [-0.05, 0) is 56.2 Å². The summed E-state index contributed by atoms with van der Waals surface area (Å²) in [5, 5.41) is 9.28. The van der Waals surface area contributed by atoms with Crippen molar-refractivity contribution in [2.24, 2.45) is 0 Å². The molecule has 6 heteroatoms. The van der Waals surface area contributed by atoms with Gasteiger partial charge >= 0.3 is 0 Å². The zero-order chi connectivity index (χ0) is 19.0. The van der Waals surface area contributed by atoms with Gasteiger partial charge in [0.05, 0.1) is 0 Å². The van der Waals surface area contributed by atoms with Crippen molar-refractivity contribution in [3.8, 4) is 22.5 Å². The molecular weight excluding hydrogens is 342 g/mol. The number of anilines is 2. The van der Waals surface area contributed by atoms with Crippen LogP contribution in [0, 0.1) is 27.7 Å². The van der Waals surface area contributed by atoms with E-state index in [1.165, 1.54) is 11.8 Å². The maximum atomic E-state index is 6.42. The zero-order valence-electron chi connectivity index (χ0n) is 15.7. The minimum absolute atomic E-state index is 0.601. The molecule has 3 aromatic rings. The monoisotopic (exact) mass is 365 g/mol. The summed E-state index contributed by atoms with van der Waals surface area (Å²) < 4.78 is 0. The van der Waals surface area contributed by atoms with Crippen molar-refractivity contribution in [2.75, 3.05) is 17.7 Å². The Morgan fingerprint density at radius 2 is 1.23 bits per heavy atom. The van der Waals surface area contributed by atoms with Gasteiger partial charge in [-0.15, -0.1) is 10.2 Å². The van der Waals surface area contributed by atoms with Gasteiger partial charge in [0.1, 0.15) is 11.4 Å². The molecule has 0 amide bonds. The van der Waals surface area contributed by atoms with Crippen LogP contribution in [-0.4, -0.2) is 21.4 Å². The number of aryl methyl sites for hydroxylation is 2. The molecule has 26 heavy (non-hydrogen) atoms. The molecule has 5 nitrogen and oxygen atoms in total. The third kappa shape index (κ3) is 3.01. The molecule has 0 fully saturated rings. The fourth-order valence-electron chi connectivity index (χ4n) is 2.85. The second-order valence-electron chi connectivity index (χ2n) is 6.43. The van der Waals surface area contributed by atoms with Gasteiger partial charge in [-0.1, -0.05) is 36.0 Å². The maximum Gasteiger partial charge on any atom is 0.209 e. The lowest BCUT2D eigenvalue weighted by Gasteiger charge is -2.16. The molecule has 0 spiro atoms. The second kappa shape index (κ2) is 6.96. The molecule has 0 radical (unpaired) electrons. The number of aromatic nitrogens is 3. The SMILES string of the molecule is CSc1nnc(-c2ccc(C)c(C)c2N)c(-c2ccc(C)c(C)c2N)n1. The molecule has 3 rings (SSSR count). The van der Waals surface area contributed by atoms with Crippen molar-refractivity contribution in [3.63, 3.8) is 0 Å². The van der Waals surface area contributed by atoms with E-state index in [4.69, 9.17) is 16.5 Å². The topological polar surface area (TPSA) is 90.7 Å². The molecule has 2 aromatic carbocycles. The van der Waals surface area contributed by atoms with Crippen LogP contribution < -0.4 is 11.5 Å². The summed E-state index contributed by atoms with van der Waals surface area (Å²) in [4.78, 5) is 4.72. The highest BCUT2D eigenvalue weighted by molar-refractivity contribution is 7.98. The van der Waals surface area contributed by atoms with Crippen LogP contribution in [0.15, 0.2) is 29.4 Å². The molecule has 0 aliphatic rings. The Morgan fingerprint density at radius 1 is 0.731 bits per heavy atom. The normalized spacial score (nSPS) is 11.0. The van der Waals surface area contributed by atoms with Crippen LogP contribution >= 0.6 is 11.8 Å². The van der Waals surface area contributed by atoms with Crippen molar-refractivity contribution in [1.29, 1.82) is 0 Å². The second-order valence-corrected chi connectivity index (χ2v) is 7.21. The summed E-state index contributed by atoms with van der Waals surface area (Å²) in [6.07, 6.45) is 1.93. The molecule has 0 saturated carbocycles. The first-order valence-corrected chi connectivity index (χ1v) is 9.58. The molecule has 134 valence electrons. The Balaban J connectivity index is 2.33. The zero-order valence-corrected chi connectivity index (χ0v) is 16.5. The molecule has 4 N–H and O–H groups in total. The highest BCUT2D eigenvalue weighted by Crippen LogP contribution is 2.38. The van der Waals surface area contributed by atoms with Crippen LogP contribution in [0.5, 0.6) is 0 Å². The Morgan fingerprint density at radius 3 is 1.73 bits per heavy atom. The van der Waals surface area contributed by atoms with Gasteiger partial charge in [0.25, 0.3) is 0 Å². The minimum Gasteiger partial charge on any atom is -0.398 e. The van der Waals surface area contributed by atoms with Crippen molar-refractivity contribution in [2.45, 2.75) is 32.9 Å². The van der Waals surface area contributed by atoms with E-state index in [1.807, 2.05) is 52.1 Å². The van der Waals surface area contributed by atoms with Gasteiger partial charge in [0.15, 0.2) is 0 Å². The number of thioether (sulfide) groups is 1. The molecule has 0 atom stereocenters. The fourth-order valence-corrected chi connectivity index (χ4v) is 3.16. The highest BCUT2D eigenvalue weighted by atomic mass is 32.2. The van der Waals surface area contributed by atoms with E-state index >= 15 is 0 Å². The van der Waals surface area contributed by atoms with Crippen LogP contribution in [-0.2, 0) is 0 Å². The van der Waals surface area contributed by atoms with Crippen molar-refractivity contribution in [1.82, 2.24) is 15.2 Å². The van der Waals surface area contributed by atoms with Crippen LogP contribution in [0.4, 0.5) is 11.4 Å². The van der Waals surface area contributed by atoms with Gasteiger partial charge in [-0.3, -0.25) is 0 Å². The Hall–Kier alpha value is -2.60. The Bertz CT molecular complexity index is 998. The van der Waals surface area contributed by atoms with Gasteiger partial charge < -0.3 is 11.5 Å². The Kier molecular flexibility index (Phi) is 4.87. The van der Waals surface area contributed by atoms with Crippen molar-refractivity contribution >= 4 is 23.1 Å². The molecule has 0 bridgehead atoms. The van der Waals surface area contributed by atoms with E-state index in [0.717, 1.165) is 33.4 Å².